The van der Waals surface area contributed by atoms with Crippen molar-refractivity contribution in [2.45, 2.75) is 20.1 Å². The number of esters is 1. The van der Waals surface area contributed by atoms with E-state index < -0.39 is 12.2 Å². The third kappa shape index (κ3) is 2.04. The van der Waals surface area contributed by atoms with E-state index in [2.05, 4.69) is 0 Å². The Morgan fingerprint density at radius 2 is 2.29 bits per heavy atom. The number of nitrogens with zero attached hydrogens (tertiary/aromatic N) is 1. The van der Waals surface area contributed by atoms with E-state index in [0.717, 1.165) is 0 Å². The van der Waals surface area contributed by atoms with Crippen molar-refractivity contribution in [2.24, 2.45) is 0 Å². The summed E-state index contributed by atoms with van der Waals surface area (Å²) in [5, 5.41) is 0. The van der Waals surface area contributed by atoms with E-state index in [1.165, 1.54) is 17.9 Å². The van der Waals surface area contributed by atoms with E-state index in [9.17, 15) is 9.59 Å². The Morgan fingerprint density at radius 3 is 2.79 bits per heavy atom. The summed E-state index contributed by atoms with van der Waals surface area (Å²) in [7, 11) is 1.55. The predicted octanol–water partition coefficient (Wildman–Crippen LogP) is 0.268. The summed E-state index contributed by atoms with van der Waals surface area (Å²) in [5.74, 6) is -0.456. The zero-order valence-electron chi connectivity index (χ0n) is 8.44. The smallest absolute Gasteiger partial charge is 0.304 e. The molecular formula is C9H13NO4. The van der Waals surface area contributed by atoms with Crippen LogP contribution in [0, 0.1) is 0 Å². The van der Waals surface area contributed by atoms with Crippen molar-refractivity contribution >= 4 is 11.9 Å². The molecule has 14 heavy (non-hydrogen) atoms. The molecule has 0 bridgehead atoms. The van der Waals surface area contributed by atoms with Gasteiger partial charge in [-0.05, 0) is 6.92 Å². The summed E-state index contributed by atoms with van der Waals surface area (Å²) in [4.78, 5) is 23.4. The van der Waals surface area contributed by atoms with Gasteiger partial charge in [0.2, 0.25) is 6.23 Å². The monoisotopic (exact) mass is 199 g/mol. The number of rotatable bonds is 3. The summed E-state index contributed by atoms with van der Waals surface area (Å²) in [5.41, 5.74) is 0. The fourth-order valence-electron chi connectivity index (χ4n) is 1.15. The average molecular weight is 199 g/mol. The van der Waals surface area contributed by atoms with E-state index in [1.807, 2.05) is 0 Å². The van der Waals surface area contributed by atoms with Crippen molar-refractivity contribution in [3.05, 3.63) is 11.8 Å². The van der Waals surface area contributed by atoms with Crippen molar-refractivity contribution in [1.82, 2.24) is 4.90 Å². The second-order valence-corrected chi connectivity index (χ2v) is 2.88. The van der Waals surface area contributed by atoms with Crippen LogP contribution in [0.3, 0.4) is 0 Å². The highest BCUT2D eigenvalue weighted by Crippen LogP contribution is 2.17. The van der Waals surface area contributed by atoms with Crippen molar-refractivity contribution in [3.8, 4) is 0 Å². The molecule has 0 saturated heterocycles. The Bertz CT molecular complexity index is 285. The lowest BCUT2D eigenvalue weighted by Crippen LogP contribution is -2.33. The Kier molecular flexibility index (Phi) is 3.11. The molecule has 0 aromatic rings. The molecule has 5 heteroatoms. The van der Waals surface area contributed by atoms with Crippen LogP contribution in [-0.4, -0.2) is 36.7 Å². The zero-order valence-corrected chi connectivity index (χ0v) is 8.44. The second kappa shape index (κ2) is 4.13. The molecule has 0 radical (unpaired) electrons. The van der Waals surface area contributed by atoms with Gasteiger partial charge in [0.15, 0.2) is 5.76 Å². The molecule has 0 spiro atoms. The first-order chi connectivity index (χ1) is 6.56. The topological polar surface area (TPSA) is 55.8 Å². The number of carbonyl (C=O) groups excluding carboxylic acids is 2. The van der Waals surface area contributed by atoms with E-state index >= 15 is 0 Å². The molecule has 1 amide bonds. The van der Waals surface area contributed by atoms with Crippen molar-refractivity contribution < 1.29 is 19.1 Å². The molecule has 1 aliphatic rings. The molecule has 0 fully saturated rings. The van der Waals surface area contributed by atoms with Crippen LogP contribution in [0.25, 0.3) is 0 Å². The number of amides is 1. The third-order valence-corrected chi connectivity index (χ3v) is 1.79. The number of hydrogen-bond acceptors (Lipinski definition) is 4. The van der Waals surface area contributed by atoms with Crippen molar-refractivity contribution in [1.29, 1.82) is 0 Å². The normalized spacial score (nSPS) is 20.8. The summed E-state index contributed by atoms with van der Waals surface area (Å²) < 4.78 is 9.96. The molecule has 0 saturated carbocycles. The molecule has 0 aromatic heterocycles. The van der Waals surface area contributed by atoms with Crippen LogP contribution in [0.4, 0.5) is 0 Å². The average Bonchev–Trinajstić information content (AvgIpc) is 2.34. The fraction of sp³-hybridized carbons (Fsp3) is 0.556. The molecule has 0 aromatic carbocycles. The zero-order chi connectivity index (χ0) is 10.7. The number of ether oxygens (including phenoxy) is 2. The van der Waals surface area contributed by atoms with Crippen LogP contribution in [-0.2, 0) is 19.1 Å². The highest BCUT2D eigenvalue weighted by atomic mass is 16.6. The number of hydrogen-bond donors (Lipinski definition) is 0. The van der Waals surface area contributed by atoms with Crippen LogP contribution in [0.2, 0.25) is 0 Å². The molecule has 1 rings (SSSR count). The second-order valence-electron chi connectivity index (χ2n) is 2.88. The van der Waals surface area contributed by atoms with Gasteiger partial charge in [-0.25, -0.2) is 0 Å². The minimum atomic E-state index is -0.637. The van der Waals surface area contributed by atoms with Crippen LogP contribution in [0.5, 0.6) is 0 Å². The van der Waals surface area contributed by atoms with E-state index in [1.54, 1.807) is 14.0 Å². The van der Waals surface area contributed by atoms with Crippen LogP contribution < -0.4 is 0 Å². The van der Waals surface area contributed by atoms with E-state index in [-0.39, 0.29) is 11.7 Å². The first kappa shape index (κ1) is 10.6. The van der Waals surface area contributed by atoms with Gasteiger partial charge in [0.05, 0.1) is 6.61 Å². The molecule has 1 atom stereocenters. The molecule has 0 N–H and O–H groups in total. The highest BCUT2D eigenvalue weighted by Gasteiger charge is 2.32. The lowest BCUT2D eigenvalue weighted by molar-refractivity contribution is -0.153. The molecule has 5 nitrogen and oxygen atoms in total. The molecule has 78 valence electrons. The first-order valence-electron chi connectivity index (χ1n) is 4.35. The Balaban J connectivity index is 2.70. The maximum Gasteiger partial charge on any atom is 0.304 e. The standard InChI is InChI=1S/C9H13NO4/c1-4-13-7-5-8(14-6(2)11)10(3)9(7)12/h5,8H,4H2,1-3H3. The van der Waals surface area contributed by atoms with Gasteiger partial charge in [0.25, 0.3) is 5.91 Å². The van der Waals surface area contributed by atoms with Gasteiger partial charge in [-0.2, -0.15) is 0 Å². The lowest BCUT2D eigenvalue weighted by Gasteiger charge is -2.18. The molecule has 0 aliphatic carbocycles. The number of likely N-dealkylation sites (N-methyl/N-ethyl adjacent to an activating group) is 1. The maximum atomic E-state index is 11.4. The third-order valence-electron chi connectivity index (χ3n) is 1.79. The Labute approximate surface area is 82.3 Å². The van der Waals surface area contributed by atoms with Gasteiger partial charge in [0.1, 0.15) is 0 Å². The molecule has 1 unspecified atom stereocenters. The molecule has 1 heterocycles. The lowest BCUT2D eigenvalue weighted by atomic mass is 10.5. The van der Waals surface area contributed by atoms with Gasteiger partial charge < -0.3 is 9.47 Å². The summed E-state index contributed by atoms with van der Waals surface area (Å²) in [6.45, 7) is 3.50. The SMILES string of the molecule is CCOC1=CC(OC(C)=O)N(C)C1=O. The molecule has 1 aliphatic heterocycles. The maximum absolute atomic E-state index is 11.4. The minimum absolute atomic E-state index is 0.237. The Morgan fingerprint density at radius 1 is 1.64 bits per heavy atom. The van der Waals surface area contributed by atoms with Crippen molar-refractivity contribution in [2.75, 3.05) is 13.7 Å². The summed E-state index contributed by atoms with van der Waals surface area (Å²) in [6, 6.07) is 0. The van der Waals surface area contributed by atoms with E-state index in [4.69, 9.17) is 9.47 Å². The predicted molar refractivity (Wildman–Crippen MR) is 48.0 cm³/mol. The van der Waals surface area contributed by atoms with Crippen LogP contribution >= 0.6 is 0 Å². The van der Waals surface area contributed by atoms with Gasteiger partial charge in [-0.1, -0.05) is 0 Å². The summed E-state index contributed by atoms with van der Waals surface area (Å²) in [6.07, 6.45) is 0.856. The van der Waals surface area contributed by atoms with Gasteiger partial charge in [-0.15, -0.1) is 0 Å². The quantitative estimate of drug-likeness (QED) is 0.612. The van der Waals surface area contributed by atoms with Gasteiger partial charge in [0, 0.05) is 20.0 Å². The van der Waals surface area contributed by atoms with Gasteiger partial charge >= 0.3 is 5.97 Å². The largest absolute Gasteiger partial charge is 0.488 e. The number of carbonyl (C=O) groups is 2. The minimum Gasteiger partial charge on any atom is -0.488 e. The Hall–Kier alpha value is -1.52. The first-order valence-corrected chi connectivity index (χ1v) is 4.35. The van der Waals surface area contributed by atoms with Crippen LogP contribution in [0.15, 0.2) is 11.8 Å². The van der Waals surface area contributed by atoms with Crippen molar-refractivity contribution in [3.63, 3.8) is 0 Å². The molecular weight excluding hydrogens is 186 g/mol. The van der Waals surface area contributed by atoms with Crippen LogP contribution in [0.1, 0.15) is 13.8 Å². The highest BCUT2D eigenvalue weighted by molar-refractivity contribution is 5.94. The fourth-order valence-corrected chi connectivity index (χ4v) is 1.15. The summed E-state index contributed by atoms with van der Waals surface area (Å²) >= 11 is 0. The van der Waals surface area contributed by atoms with E-state index in [0.29, 0.717) is 6.61 Å². The van der Waals surface area contributed by atoms with Gasteiger partial charge in [-0.3, -0.25) is 14.5 Å².